The van der Waals surface area contributed by atoms with Gasteiger partial charge in [0.1, 0.15) is 0 Å². The molecule has 1 aromatic heterocycles. The minimum atomic E-state index is -0.0354. The van der Waals surface area contributed by atoms with Gasteiger partial charge in [0.2, 0.25) is 5.91 Å². The smallest absolute Gasteiger partial charge is 0.257 e. The van der Waals surface area contributed by atoms with E-state index in [2.05, 4.69) is 33.4 Å². The normalized spacial score (nSPS) is 25.1. The van der Waals surface area contributed by atoms with Gasteiger partial charge in [-0.25, -0.2) is 9.97 Å². The molecule has 0 unspecified atom stereocenters. The molecule has 25 heavy (non-hydrogen) atoms. The minimum Gasteiger partial charge on any atom is -0.478 e. The third-order valence-electron chi connectivity index (χ3n) is 5.49. The van der Waals surface area contributed by atoms with E-state index >= 15 is 0 Å². The molecule has 7 heteroatoms. The molecule has 1 aromatic rings. The lowest BCUT2D eigenvalue weighted by Crippen LogP contribution is -2.61. The Morgan fingerprint density at radius 2 is 2.08 bits per heavy atom. The molecule has 3 rings (SSSR count). The van der Waals surface area contributed by atoms with Crippen molar-refractivity contribution in [1.82, 2.24) is 19.8 Å². The van der Waals surface area contributed by atoms with Crippen LogP contribution in [0.5, 0.6) is 5.88 Å². The quantitative estimate of drug-likeness (QED) is 0.764. The van der Waals surface area contributed by atoms with E-state index in [1.54, 1.807) is 25.6 Å². The first kappa shape index (κ1) is 17.7. The van der Waals surface area contributed by atoms with E-state index in [-0.39, 0.29) is 11.4 Å². The van der Waals surface area contributed by atoms with Crippen LogP contribution in [0.1, 0.15) is 19.3 Å². The van der Waals surface area contributed by atoms with Crippen molar-refractivity contribution in [1.29, 1.82) is 0 Å². The van der Waals surface area contributed by atoms with Crippen LogP contribution in [0.2, 0.25) is 0 Å². The van der Waals surface area contributed by atoms with Gasteiger partial charge in [0.25, 0.3) is 5.88 Å². The van der Waals surface area contributed by atoms with Crippen molar-refractivity contribution in [3.05, 3.63) is 25.0 Å². The highest BCUT2D eigenvalue weighted by atomic mass is 16.5. The third kappa shape index (κ3) is 3.46. The number of methoxy groups -OCH3 is 1. The molecule has 3 heterocycles. The molecule has 1 spiro atoms. The second kappa shape index (κ2) is 7.39. The van der Waals surface area contributed by atoms with Gasteiger partial charge in [-0.05, 0) is 19.9 Å². The fourth-order valence-electron chi connectivity index (χ4n) is 3.90. The van der Waals surface area contributed by atoms with Gasteiger partial charge in [-0.2, -0.15) is 0 Å². The number of nitrogens with zero attached hydrogens (tertiary/aromatic N) is 5. The Balaban J connectivity index is 1.83. The van der Waals surface area contributed by atoms with Crippen LogP contribution in [-0.2, 0) is 4.79 Å². The molecule has 0 radical (unpaired) electrons. The highest BCUT2D eigenvalue weighted by molar-refractivity contribution is 5.76. The maximum absolute atomic E-state index is 12.4. The first-order valence-corrected chi connectivity index (χ1v) is 8.79. The second-order valence-electron chi connectivity index (χ2n) is 6.84. The summed E-state index contributed by atoms with van der Waals surface area (Å²) >= 11 is 0. The standard InChI is InChI=1S/C18H27N5O2/c1-4-10-22-11-7-18(6-5-15(22)24)14-23(13-12-21(18)2)16-17(25-3)20-9-8-19-16/h4,8-9H,1,5-7,10-14H2,2-3H3/t18-/m0/s1. The monoisotopic (exact) mass is 345 g/mol. The third-order valence-corrected chi connectivity index (χ3v) is 5.49. The van der Waals surface area contributed by atoms with Crippen molar-refractivity contribution in [3.8, 4) is 5.88 Å². The van der Waals surface area contributed by atoms with Crippen LogP contribution in [0.15, 0.2) is 25.0 Å². The average Bonchev–Trinajstić information content (AvgIpc) is 2.79. The summed E-state index contributed by atoms with van der Waals surface area (Å²) in [6, 6.07) is 0. The first-order chi connectivity index (χ1) is 12.1. The summed E-state index contributed by atoms with van der Waals surface area (Å²) < 4.78 is 5.39. The van der Waals surface area contributed by atoms with Gasteiger partial charge < -0.3 is 14.5 Å². The number of likely N-dealkylation sites (tertiary alicyclic amines) is 1. The van der Waals surface area contributed by atoms with E-state index in [9.17, 15) is 4.79 Å². The SMILES string of the molecule is C=CCN1CC[C@@]2(CCC1=O)CN(c1nccnc1OC)CCN2C. The zero-order chi connectivity index (χ0) is 17.9. The van der Waals surface area contributed by atoms with Crippen LogP contribution in [0.3, 0.4) is 0 Å². The molecular formula is C18H27N5O2. The number of likely N-dealkylation sites (N-methyl/N-ethyl adjacent to an activating group) is 1. The van der Waals surface area contributed by atoms with Gasteiger partial charge in [-0.3, -0.25) is 9.69 Å². The number of carbonyl (C=O) groups excluding carboxylic acids is 1. The van der Waals surface area contributed by atoms with E-state index in [4.69, 9.17) is 4.74 Å². The molecule has 2 aliphatic heterocycles. The molecule has 2 aliphatic rings. The summed E-state index contributed by atoms with van der Waals surface area (Å²) in [6.45, 7) is 7.78. The lowest BCUT2D eigenvalue weighted by Gasteiger charge is -2.49. The van der Waals surface area contributed by atoms with Crippen molar-refractivity contribution in [3.63, 3.8) is 0 Å². The van der Waals surface area contributed by atoms with Crippen molar-refractivity contribution in [2.75, 3.05) is 51.8 Å². The number of hydrogen-bond acceptors (Lipinski definition) is 6. The summed E-state index contributed by atoms with van der Waals surface area (Å²) in [5.41, 5.74) is -0.0354. The lowest BCUT2D eigenvalue weighted by atomic mass is 9.86. The highest BCUT2D eigenvalue weighted by Crippen LogP contribution is 2.35. The van der Waals surface area contributed by atoms with Gasteiger partial charge in [-0.15, -0.1) is 6.58 Å². The predicted octanol–water partition coefficient (Wildman–Crippen LogP) is 1.17. The van der Waals surface area contributed by atoms with Crippen LogP contribution in [0.25, 0.3) is 0 Å². The number of anilines is 1. The maximum Gasteiger partial charge on any atom is 0.257 e. The molecule has 0 aromatic carbocycles. The summed E-state index contributed by atoms with van der Waals surface area (Å²) in [5, 5.41) is 0. The zero-order valence-corrected chi connectivity index (χ0v) is 15.1. The summed E-state index contributed by atoms with van der Waals surface area (Å²) in [4.78, 5) is 27.7. The first-order valence-electron chi connectivity index (χ1n) is 8.79. The number of hydrogen-bond donors (Lipinski definition) is 0. The fraction of sp³-hybridized carbons (Fsp3) is 0.611. The average molecular weight is 345 g/mol. The van der Waals surface area contributed by atoms with Crippen molar-refractivity contribution < 1.29 is 9.53 Å². The molecule has 1 amide bonds. The van der Waals surface area contributed by atoms with Crippen LogP contribution >= 0.6 is 0 Å². The van der Waals surface area contributed by atoms with Crippen LogP contribution in [-0.4, -0.2) is 78.1 Å². The predicted molar refractivity (Wildman–Crippen MR) is 96.8 cm³/mol. The Labute approximate surface area is 149 Å². The highest BCUT2D eigenvalue weighted by Gasteiger charge is 2.43. The Bertz CT molecular complexity index is 638. The Morgan fingerprint density at radius 3 is 2.84 bits per heavy atom. The summed E-state index contributed by atoms with van der Waals surface area (Å²) in [6.07, 6.45) is 7.52. The number of piperazine rings is 1. The maximum atomic E-state index is 12.4. The van der Waals surface area contributed by atoms with E-state index in [0.717, 1.165) is 44.8 Å². The van der Waals surface area contributed by atoms with Crippen molar-refractivity contribution >= 4 is 11.7 Å². The van der Waals surface area contributed by atoms with Gasteiger partial charge >= 0.3 is 0 Å². The van der Waals surface area contributed by atoms with Gasteiger partial charge in [0.15, 0.2) is 5.82 Å². The topological polar surface area (TPSA) is 61.8 Å². The Kier molecular flexibility index (Phi) is 5.22. The largest absolute Gasteiger partial charge is 0.478 e. The van der Waals surface area contributed by atoms with Crippen LogP contribution in [0.4, 0.5) is 5.82 Å². The zero-order valence-electron chi connectivity index (χ0n) is 15.1. The lowest BCUT2D eigenvalue weighted by molar-refractivity contribution is -0.130. The number of rotatable bonds is 4. The molecule has 0 saturated carbocycles. The van der Waals surface area contributed by atoms with Crippen molar-refractivity contribution in [2.24, 2.45) is 0 Å². The van der Waals surface area contributed by atoms with E-state index in [1.807, 2.05) is 4.90 Å². The number of carbonyl (C=O) groups is 1. The van der Waals surface area contributed by atoms with E-state index < -0.39 is 0 Å². The van der Waals surface area contributed by atoms with Crippen LogP contribution in [0, 0.1) is 0 Å². The molecule has 0 N–H and O–H groups in total. The van der Waals surface area contributed by atoms with E-state index in [1.165, 1.54) is 0 Å². The summed E-state index contributed by atoms with van der Waals surface area (Å²) in [7, 11) is 3.79. The Hall–Kier alpha value is -2.15. The fourth-order valence-corrected chi connectivity index (χ4v) is 3.90. The second-order valence-corrected chi connectivity index (χ2v) is 6.84. The molecule has 2 fully saturated rings. The Morgan fingerprint density at radius 1 is 1.28 bits per heavy atom. The number of aromatic nitrogens is 2. The number of ether oxygens (including phenoxy) is 1. The minimum absolute atomic E-state index is 0.0354. The van der Waals surface area contributed by atoms with E-state index in [0.29, 0.717) is 18.8 Å². The molecule has 7 nitrogen and oxygen atoms in total. The molecule has 0 aliphatic carbocycles. The molecule has 136 valence electrons. The summed E-state index contributed by atoms with van der Waals surface area (Å²) in [5.74, 6) is 1.57. The van der Waals surface area contributed by atoms with Crippen LogP contribution < -0.4 is 9.64 Å². The molecular weight excluding hydrogens is 318 g/mol. The van der Waals surface area contributed by atoms with Crippen molar-refractivity contribution in [2.45, 2.75) is 24.8 Å². The molecule has 1 atom stereocenters. The van der Waals surface area contributed by atoms with Gasteiger partial charge in [0.05, 0.1) is 7.11 Å². The molecule has 0 bridgehead atoms. The van der Waals surface area contributed by atoms with Gasteiger partial charge in [0, 0.05) is 57.1 Å². The number of amides is 1. The van der Waals surface area contributed by atoms with Gasteiger partial charge in [-0.1, -0.05) is 6.08 Å². The molecule has 2 saturated heterocycles.